The van der Waals surface area contributed by atoms with Gasteiger partial charge in [0.05, 0.1) is 12.2 Å². The van der Waals surface area contributed by atoms with Crippen molar-refractivity contribution in [3.63, 3.8) is 0 Å². The highest BCUT2D eigenvalue weighted by Crippen LogP contribution is 2.43. The molecule has 0 bridgehead atoms. The predicted molar refractivity (Wildman–Crippen MR) is 136 cm³/mol. The zero-order valence-electron chi connectivity index (χ0n) is 18.3. The van der Waals surface area contributed by atoms with Crippen LogP contribution in [0.3, 0.4) is 0 Å². The molecule has 0 saturated carbocycles. The molecule has 1 aliphatic heterocycles. The number of hydrogen-bond donors (Lipinski definition) is 1. The second kappa shape index (κ2) is 10.1. The van der Waals surface area contributed by atoms with E-state index >= 15 is 0 Å². The van der Waals surface area contributed by atoms with Crippen LogP contribution in [0.5, 0.6) is 5.75 Å². The molecular weight excluding hydrogens is 495 g/mol. The molecule has 0 spiro atoms. The molecule has 1 amide bonds. The Kier molecular flexibility index (Phi) is 7.16. The van der Waals surface area contributed by atoms with Crippen LogP contribution in [0, 0.1) is 0 Å². The van der Waals surface area contributed by atoms with E-state index in [1.807, 2.05) is 6.07 Å². The van der Waals surface area contributed by atoms with E-state index in [0.29, 0.717) is 38.2 Å². The second-order valence-corrected chi connectivity index (χ2v) is 10.1. The number of benzene rings is 3. The summed E-state index contributed by atoms with van der Waals surface area (Å²) in [5.41, 5.74) is 1.98. The number of sulfonamides is 1. The molecular formula is C25H22Cl2N2O4S. The number of nitrogens with zero attached hydrogens (tertiary/aromatic N) is 1. The number of hydrogen-bond acceptors (Lipinski definition) is 4. The summed E-state index contributed by atoms with van der Waals surface area (Å²) in [6, 6.07) is 20.8. The minimum absolute atomic E-state index is 0.108. The number of ether oxygens (including phenoxy) is 1. The van der Waals surface area contributed by atoms with Crippen molar-refractivity contribution >= 4 is 50.4 Å². The number of carbonyl (C=O) groups is 1. The number of halogens is 2. The molecule has 9 heteroatoms. The van der Waals surface area contributed by atoms with E-state index in [2.05, 4.69) is 5.32 Å². The fraction of sp³-hybridized carbons (Fsp3) is 0.160. The number of fused-ring (bicyclic) bond motifs is 1. The Morgan fingerprint density at radius 1 is 0.971 bits per heavy atom. The molecule has 0 fully saturated rings. The molecule has 4 rings (SSSR count). The first-order valence-electron chi connectivity index (χ1n) is 10.6. The Bertz CT molecular complexity index is 1340. The number of nitrogens with one attached hydrogen (secondary N) is 1. The van der Waals surface area contributed by atoms with Crippen LogP contribution in [0.2, 0.25) is 10.0 Å². The van der Waals surface area contributed by atoms with E-state index in [4.69, 9.17) is 27.9 Å². The summed E-state index contributed by atoms with van der Waals surface area (Å²) in [6.45, 7) is 2.15. The van der Waals surface area contributed by atoms with Gasteiger partial charge in [-0.15, -0.1) is 0 Å². The summed E-state index contributed by atoms with van der Waals surface area (Å²) in [5.74, 6) is -0.114. The van der Waals surface area contributed by atoms with Gasteiger partial charge >= 0.3 is 0 Å². The fourth-order valence-corrected chi connectivity index (χ4v) is 5.89. The number of carbonyl (C=O) groups excluding carboxylic acids is 1. The predicted octanol–water partition coefficient (Wildman–Crippen LogP) is 5.12. The fourth-order valence-electron chi connectivity index (χ4n) is 3.82. The highest BCUT2D eigenvalue weighted by molar-refractivity contribution is 7.97. The van der Waals surface area contributed by atoms with E-state index in [9.17, 15) is 13.2 Å². The van der Waals surface area contributed by atoms with Crippen molar-refractivity contribution in [3.05, 3.63) is 98.9 Å². The Morgan fingerprint density at radius 2 is 1.65 bits per heavy atom. The molecule has 0 radical (unpaired) electrons. The maximum absolute atomic E-state index is 13.6. The first kappa shape index (κ1) is 24.1. The summed E-state index contributed by atoms with van der Waals surface area (Å²) in [7, 11) is -4.13. The summed E-state index contributed by atoms with van der Waals surface area (Å²) in [4.78, 5) is 13.0. The zero-order chi connectivity index (χ0) is 24.3. The van der Waals surface area contributed by atoms with Crippen LogP contribution in [0.1, 0.15) is 18.1 Å². The molecule has 1 N–H and O–H groups in total. The highest BCUT2D eigenvalue weighted by Gasteiger charge is 2.40. The summed E-state index contributed by atoms with van der Waals surface area (Å²) in [5, 5.41) is 3.72. The van der Waals surface area contributed by atoms with Gasteiger partial charge in [-0.25, -0.2) is 8.42 Å². The van der Waals surface area contributed by atoms with Crippen molar-refractivity contribution in [3.8, 4) is 5.75 Å². The van der Waals surface area contributed by atoms with Crippen molar-refractivity contribution in [2.45, 2.75) is 6.92 Å². The van der Waals surface area contributed by atoms with Crippen molar-refractivity contribution in [2.24, 2.45) is 0 Å². The minimum Gasteiger partial charge on any atom is -0.492 e. The molecule has 0 aromatic heterocycles. The molecule has 34 heavy (non-hydrogen) atoms. The number of amides is 1. The van der Waals surface area contributed by atoms with Gasteiger partial charge in [-0.1, -0.05) is 53.5 Å². The average molecular weight is 517 g/mol. The Morgan fingerprint density at radius 3 is 2.32 bits per heavy atom. The van der Waals surface area contributed by atoms with Crippen LogP contribution in [0.15, 0.2) is 77.7 Å². The Balaban J connectivity index is 1.71. The average Bonchev–Trinajstić information content (AvgIpc) is 2.82. The van der Waals surface area contributed by atoms with Crippen LogP contribution in [0.4, 0.5) is 5.69 Å². The molecule has 176 valence electrons. The largest absolute Gasteiger partial charge is 0.492 e. The molecule has 0 aliphatic carbocycles. The molecule has 0 atom stereocenters. The normalized spacial score (nSPS) is 14.5. The lowest BCUT2D eigenvalue weighted by Gasteiger charge is -2.33. The third kappa shape index (κ3) is 4.78. The molecule has 1 heterocycles. The molecule has 1 aliphatic rings. The van der Waals surface area contributed by atoms with Crippen molar-refractivity contribution < 1.29 is 17.9 Å². The van der Waals surface area contributed by atoms with E-state index < -0.39 is 15.9 Å². The van der Waals surface area contributed by atoms with Gasteiger partial charge < -0.3 is 10.1 Å². The van der Waals surface area contributed by atoms with Crippen LogP contribution >= 0.6 is 23.2 Å². The Labute approximate surface area is 208 Å². The standard InChI is InChI=1S/C25H22Cl2N2O4S/c1-2-29-22-13-10-19(27)16-21(22)23(17-6-4-3-5-7-17)24(34(29,31)32)25(30)28-14-15-33-20-11-8-18(26)9-12-20/h3-13,16H,2,14-15H2,1H3,(H,28,30). The lowest BCUT2D eigenvalue weighted by molar-refractivity contribution is -0.116. The first-order valence-corrected chi connectivity index (χ1v) is 12.8. The molecule has 3 aromatic rings. The van der Waals surface area contributed by atoms with Crippen LogP contribution < -0.4 is 14.4 Å². The Hall–Kier alpha value is -3.00. The third-order valence-electron chi connectivity index (χ3n) is 5.30. The minimum atomic E-state index is -4.13. The summed E-state index contributed by atoms with van der Waals surface area (Å²) < 4.78 is 34.1. The highest BCUT2D eigenvalue weighted by atomic mass is 35.5. The van der Waals surface area contributed by atoms with Crippen molar-refractivity contribution in [1.82, 2.24) is 5.32 Å². The smallest absolute Gasteiger partial charge is 0.270 e. The monoisotopic (exact) mass is 516 g/mol. The molecule has 3 aromatic carbocycles. The lowest BCUT2D eigenvalue weighted by Crippen LogP contribution is -2.42. The maximum Gasteiger partial charge on any atom is 0.270 e. The van der Waals surface area contributed by atoms with Crippen molar-refractivity contribution in [1.29, 1.82) is 0 Å². The SMILES string of the molecule is CCN1c2ccc(Cl)cc2C(c2ccccc2)=C(C(=O)NCCOc2ccc(Cl)cc2)S1(=O)=O. The molecule has 0 unspecified atom stereocenters. The summed E-state index contributed by atoms with van der Waals surface area (Å²) >= 11 is 12.1. The van der Waals surface area contributed by atoms with E-state index in [1.165, 1.54) is 4.31 Å². The maximum atomic E-state index is 13.6. The van der Waals surface area contributed by atoms with Gasteiger partial charge in [0.2, 0.25) is 0 Å². The first-order chi connectivity index (χ1) is 16.3. The molecule has 0 saturated heterocycles. The lowest BCUT2D eigenvalue weighted by atomic mass is 9.95. The number of anilines is 1. The van der Waals surface area contributed by atoms with E-state index in [-0.39, 0.29) is 24.6 Å². The topological polar surface area (TPSA) is 75.7 Å². The second-order valence-electron chi connectivity index (χ2n) is 7.46. The van der Waals surface area contributed by atoms with Crippen molar-refractivity contribution in [2.75, 3.05) is 24.0 Å². The molecule has 6 nitrogen and oxygen atoms in total. The van der Waals surface area contributed by atoms with E-state index in [1.54, 1.807) is 73.7 Å². The quantitative estimate of drug-likeness (QED) is 0.442. The van der Waals surface area contributed by atoms with Crippen LogP contribution in [-0.4, -0.2) is 34.0 Å². The summed E-state index contributed by atoms with van der Waals surface area (Å²) in [6.07, 6.45) is 0. The zero-order valence-corrected chi connectivity index (χ0v) is 20.6. The third-order valence-corrected chi connectivity index (χ3v) is 7.73. The van der Waals surface area contributed by atoms with Gasteiger partial charge in [0.15, 0.2) is 4.91 Å². The van der Waals surface area contributed by atoms with Gasteiger partial charge in [0.1, 0.15) is 12.4 Å². The van der Waals surface area contributed by atoms with Crippen LogP contribution in [0.25, 0.3) is 5.57 Å². The number of rotatable bonds is 7. The van der Waals surface area contributed by atoms with Gasteiger partial charge in [-0.05, 0) is 55.0 Å². The van der Waals surface area contributed by atoms with Gasteiger partial charge in [0, 0.05) is 27.7 Å². The van der Waals surface area contributed by atoms with Gasteiger partial charge in [-0.2, -0.15) is 0 Å². The van der Waals surface area contributed by atoms with Gasteiger partial charge in [0.25, 0.3) is 15.9 Å². The van der Waals surface area contributed by atoms with Crippen LogP contribution in [-0.2, 0) is 14.8 Å². The van der Waals surface area contributed by atoms with Gasteiger partial charge in [-0.3, -0.25) is 9.10 Å². The van der Waals surface area contributed by atoms with E-state index in [0.717, 1.165) is 0 Å².